The monoisotopic (exact) mass is 313 g/mol. The van der Waals surface area contributed by atoms with Crippen molar-refractivity contribution in [2.24, 2.45) is 0 Å². The Morgan fingerprint density at radius 2 is 1.59 bits per heavy atom. The number of rotatable bonds is 3. The molecule has 0 saturated carbocycles. The van der Waals surface area contributed by atoms with Gasteiger partial charge in [0, 0.05) is 9.79 Å². The number of hydrogen-bond acceptors (Lipinski definition) is 3. The molecule has 1 fully saturated rings. The van der Waals surface area contributed by atoms with E-state index in [1.807, 2.05) is 0 Å². The van der Waals surface area contributed by atoms with Gasteiger partial charge in [0.15, 0.2) is 0 Å². The lowest BCUT2D eigenvalue weighted by atomic mass is 9.84. The molecule has 0 radical (unpaired) electrons. The largest absolute Gasteiger partial charge is 0.385 e. The Morgan fingerprint density at radius 1 is 0.955 bits per heavy atom. The third-order valence-electron chi connectivity index (χ3n) is 4.32. The number of aryl methyl sites for hydroxylation is 2. The number of piperidine rings is 1. The molecule has 0 unspecified atom stereocenters. The van der Waals surface area contributed by atoms with E-state index >= 15 is 0 Å². The van der Waals surface area contributed by atoms with E-state index in [-0.39, 0.29) is 0 Å². The highest BCUT2D eigenvalue weighted by atomic mass is 32.2. The lowest BCUT2D eigenvalue weighted by molar-refractivity contribution is 0.00345. The summed E-state index contributed by atoms with van der Waals surface area (Å²) in [7, 11) is 0. The lowest BCUT2D eigenvalue weighted by Gasteiger charge is -2.34. The molecule has 0 atom stereocenters. The predicted octanol–water partition coefficient (Wildman–Crippen LogP) is 4.03. The number of aliphatic hydroxyl groups is 1. The van der Waals surface area contributed by atoms with Crippen LogP contribution in [0.25, 0.3) is 0 Å². The summed E-state index contributed by atoms with van der Waals surface area (Å²) in [5, 5.41) is 14.4. The molecule has 2 aromatic rings. The van der Waals surface area contributed by atoms with E-state index in [1.165, 1.54) is 20.9 Å². The quantitative estimate of drug-likeness (QED) is 0.897. The Bertz CT molecular complexity index is 645. The van der Waals surface area contributed by atoms with E-state index in [2.05, 4.69) is 61.6 Å². The minimum Gasteiger partial charge on any atom is -0.385 e. The van der Waals surface area contributed by atoms with Crippen molar-refractivity contribution < 1.29 is 5.11 Å². The van der Waals surface area contributed by atoms with Gasteiger partial charge in [-0.15, -0.1) is 0 Å². The van der Waals surface area contributed by atoms with Gasteiger partial charge in [0.05, 0.1) is 5.60 Å². The van der Waals surface area contributed by atoms with Gasteiger partial charge in [-0.3, -0.25) is 0 Å². The maximum absolute atomic E-state index is 11.1. The molecule has 2 N–H and O–H groups in total. The maximum Gasteiger partial charge on any atom is 0.0931 e. The molecule has 22 heavy (non-hydrogen) atoms. The summed E-state index contributed by atoms with van der Waals surface area (Å²) >= 11 is 1.74. The van der Waals surface area contributed by atoms with Crippen molar-refractivity contribution in [2.45, 2.75) is 42.1 Å². The molecule has 0 amide bonds. The zero-order valence-electron chi connectivity index (χ0n) is 13.2. The maximum atomic E-state index is 11.1. The molecule has 1 aliphatic rings. The van der Waals surface area contributed by atoms with Crippen LogP contribution >= 0.6 is 11.8 Å². The summed E-state index contributed by atoms with van der Waals surface area (Å²) < 4.78 is 0. The summed E-state index contributed by atoms with van der Waals surface area (Å²) in [5.41, 5.74) is 2.85. The van der Waals surface area contributed by atoms with E-state index in [0.29, 0.717) is 0 Å². The van der Waals surface area contributed by atoms with Crippen LogP contribution in [0, 0.1) is 13.8 Å². The van der Waals surface area contributed by atoms with Crippen molar-refractivity contribution >= 4 is 11.8 Å². The molecule has 0 bridgehead atoms. The van der Waals surface area contributed by atoms with Gasteiger partial charge >= 0.3 is 0 Å². The molecule has 1 aliphatic heterocycles. The first kappa shape index (κ1) is 15.6. The Morgan fingerprint density at radius 3 is 2.27 bits per heavy atom. The highest BCUT2D eigenvalue weighted by Gasteiger charge is 2.33. The second-order valence-electron chi connectivity index (χ2n) is 6.20. The van der Waals surface area contributed by atoms with Gasteiger partial charge in [-0.2, -0.15) is 0 Å². The number of nitrogens with one attached hydrogen (secondary N) is 1. The van der Waals surface area contributed by atoms with E-state index in [0.717, 1.165) is 31.5 Å². The average Bonchev–Trinajstić information content (AvgIpc) is 2.52. The van der Waals surface area contributed by atoms with Gasteiger partial charge in [-0.05, 0) is 63.5 Å². The zero-order chi connectivity index (χ0) is 15.6. The van der Waals surface area contributed by atoms with Crippen LogP contribution in [0.3, 0.4) is 0 Å². The zero-order valence-corrected chi connectivity index (χ0v) is 14.0. The van der Waals surface area contributed by atoms with Crippen LogP contribution in [0.1, 0.15) is 29.5 Å². The van der Waals surface area contributed by atoms with Crippen LogP contribution in [0.2, 0.25) is 0 Å². The van der Waals surface area contributed by atoms with Gasteiger partial charge in [0.25, 0.3) is 0 Å². The second kappa shape index (κ2) is 6.45. The second-order valence-corrected chi connectivity index (χ2v) is 7.31. The van der Waals surface area contributed by atoms with Crippen molar-refractivity contribution in [3.8, 4) is 0 Å². The highest BCUT2D eigenvalue weighted by Crippen LogP contribution is 2.40. The van der Waals surface area contributed by atoms with Crippen LogP contribution < -0.4 is 5.32 Å². The molecular formula is C19H23NOS. The molecular weight excluding hydrogens is 290 g/mol. The fraction of sp³-hybridized carbons (Fsp3) is 0.368. The lowest BCUT2D eigenvalue weighted by Crippen LogP contribution is -2.40. The molecule has 1 heterocycles. The standard InChI is InChI=1S/C19H23NOS/c1-14-3-6-16(7-4-14)22-18-8-5-15(2)13-17(18)19(21)9-11-20-12-10-19/h3-8,13,20-21H,9-12H2,1-2H3. The Labute approximate surface area is 137 Å². The first-order valence-corrected chi connectivity index (χ1v) is 8.67. The highest BCUT2D eigenvalue weighted by molar-refractivity contribution is 7.99. The van der Waals surface area contributed by atoms with Crippen LogP contribution in [0.4, 0.5) is 0 Å². The van der Waals surface area contributed by atoms with Crippen molar-refractivity contribution in [3.05, 3.63) is 59.2 Å². The van der Waals surface area contributed by atoms with Gasteiger partial charge in [0.1, 0.15) is 0 Å². The summed E-state index contributed by atoms with van der Waals surface area (Å²) in [4.78, 5) is 2.38. The summed E-state index contributed by atoms with van der Waals surface area (Å²) in [6, 6.07) is 15.0. The minimum absolute atomic E-state index is 0.704. The van der Waals surface area contributed by atoms with E-state index in [9.17, 15) is 5.11 Å². The van der Waals surface area contributed by atoms with Crippen LogP contribution in [0.15, 0.2) is 52.3 Å². The Kier molecular flexibility index (Phi) is 4.57. The van der Waals surface area contributed by atoms with Crippen molar-refractivity contribution in [2.75, 3.05) is 13.1 Å². The van der Waals surface area contributed by atoms with Gasteiger partial charge < -0.3 is 10.4 Å². The summed E-state index contributed by atoms with van der Waals surface area (Å²) in [6.45, 7) is 5.94. The molecule has 1 saturated heterocycles. The van der Waals surface area contributed by atoms with Gasteiger partial charge in [-0.25, -0.2) is 0 Å². The molecule has 0 spiro atoms. The Balaban J connectivity index is 1.95. The predicted molar refractivity (Wildman–Crippen MR) is 92.5 cm³/mol. The third-order valence-corrected chi connectivity index (χ3v) is 5.40. The van der Waals surface area contributed by atoms with Gasteiger partial charge in [0.2, 0.25) is 0 Å². The number of hydrogen-bond donors (Lipinski definition) is 2. The summed E-state index contributed by atoms with van der Waals surface area (Å²) in [6.07, 6.45) is 1.55. The first-order valence-electron chi connectivity index (χ1n) is 7.86. The topological polar surface area (TPSA) is 32.3 Å². The molecule has 0 aromatic heterocycles. The number of benzene rings is 2. The first-order chi connectivity index (χ1) is 10.6. The average molecular weight is 313 g/mol. The van der Waals surface area contributed by atoms with E-state index in [1.54, 1.807) is 11.8 Å². The molecule has 3 heteroatoms. The third kappa shape index (κ3) is 3.37. The Hall–Kier alpha value is -1.29. The van der Waals surface area contributed by atoms with Crippen molar-refractivity contribution in [1.29, 1.82) is 0 Å². The van der Waals surface area contributed by atoms with E-state index in [4.69, 9.17) is 0 Å². The van der Waals surface area contributed by atoms with E-state index < -0.39 is 5.60 Å². The smallest absolute Gasteiger partial charge is 0.0931 e. The SMILES string of the molecule is Cc1ccc(Sc2ccc(C)cc2C2(O)CCNCC2)cc1. The molecule has 0 aliphatic carbocycles. The molecule has 2 aromatic carbocycles. The minimum atomic E-state index is -0.704. The van der Waals surface area contributed by atoms with Crippen LogP contribution in [-0.4, -0.2) is 18.2 Å². The van der Waals surface area contributed by atoms with Gasteiger partial charge in [-0.1, -0.05) is 47.2 Å². The summed E-state index contributed by atoms with van der Waals surface area (Å²) in [5.74, 6) is 0. The van der Waals surface area contributed by atoms with Crippen LogP contribution in [-0.2, 0) is 5.60 Å². The van der Waals surface area contributed by atoms with Crippen molar-refractivity contribution in [3.63, 3.8) is 0 Å². The van der Waals surface area contributed by atoms with Crippen LogP contribution in [0.5, 0.6) is 0 Å². The molecule has 2 nitrogen and oxygen atoms in total. The molecule has 3 rings (SSSR count). The van der Waals surface area contributed by atoms with Crippen molar-refractivity contribution in [1.82, 2.24) is 5.32 Å². The normalized spacial score (nSPS) is 17.4. The molecule has 116 valence electrons. The fourth-order valence-electron chi connectivity index (χ4n) is 2.94. The fourth-order valence-corrected chi connectivity index (χ4v) is 3.96.